The third-order valence-electron chi connectivity index (χ3n) is 6.95. The van der Waals surface area contributed by atoms with Crippen molar-refractivity contribution in [3.05, 3.63) is 65.8 Å². The second-order valence-electron chi connectivity index (χ2n) is 9.59. The number of halogens is 4. The molecule has 0 spiro atoms. The summed E-state index contributed by atoms with van der Waals surface area (Å²) in [6.45, 7) is 1.46. The van der Waals surface area contributed by atoms with Crippen molar-refractivity contribution >= 4 is 6.03 Å². The number of piperidine rings is 2. The van der Waals surface area contributed by atoms with Gasteiger partial charge in [0.2, 0.25) is 11.7 Å². The minimum atomic E-state index is -4.80. The smallest absolute Gasteiger partial charge is 0.406 e. The monoisotopic (exact) mass is 534 g/mol. The molecule has 2 aliphatic rings. The number of carbonyl (C=O) groups is 1. The van der Waals surface area contributed by atoms with Crippen LogP contribution in [0, 0.1) is 5.82 Å². The van der Waals surface area contributed by atoms with E-state index in [1.165, 1.54) is 18.2 Å². The number of amides is 2. The van der Waals surface area contributed by atoms with Gasteiger partial charge in [-0.15, -0.1) is 13.2 Å². The molecule has 0 aliphatic carbocycles. The molecule has 0 radical (unpaired) electrons. The van der Waals surface area contributed by atoms with Crippen LogP contribution in [0.1, 0.15) is 42.6 Å². The molecule has 2 aliphatic heterocycles. The van der Waals surface area contributed by atoms with Gasteiger partial charge in [0.05, 0.1) is 17.6 Å². The van der Waals surface area contributed by atoms with E-state index in [1.54, 1.807) is 40.1 Å². The standard InChI is InChI=1S/C26H26F4N4O4/c27-22-4-2-1-3-21(22)23-31-24(38-32-23)18-13-17(16-5-7-20(8-6-16)37-26(28,29)30)14-34(15-18)25(36)33-11-9-19(35)10-12-33/h1-8,17-19,35H,9-15H2. The molecule has 38 heavy (non-hydrogen) atoms. The number of benzene rings is 2. The topological polar surface area (TPSA) is 91.9 Å². The zero-order valence-electron chi connectivity index (χ0n) is 20.3. The van der Waals surface area contributed by atoms with Crippen LogP contribution in [0.25, 0.3) is 11.4 Å². The molecule has 1 N–H and O–H groups in total. The number of nitrogens with zero attached hydrogens (tertiary/aromatic N) is 4. The largest absolute Gasteiger partial charge is 0.573 e. The van der Waals surface area contributed by atoms with E-state index in [4.69, 9.17) is 4.52 Å². The van der Waals surface area contributed by atoms with Gasteiger partial charge in [-0.05, 0) is 49.1 Å². The first-order valence-electron chi connectivity index (χ1n) is 12.3. The Bertz CT molecular complexity index is 1260. The van der Waals surface area contributed by atoms with Crippen molar-refractivity contribution < 1.29 is 36.7 Å². The van der Waals surface area contributed by atoms with Gasteiger partial charge in [0.1, 0.15) is 11.6 Å². The van der Waals surface area contributed by atoms with Gasteiger partial charge in [-0.3, -0.25) is 0 Å². The zero-order valence-corrected chi connectivity index (χ0v) is 20.3. The summed E-state index contributed by atoms with van der Waals surface area (Å²) in [4.78, 5) is 21.2. The Balaban J connectivity index is 1.40. The Kier molecular flexibility index (Phi) is 7.24. The molecule has 3 aromatic rings. The fourth-order valence-corrected chi connectivity index (χ4v) is 5.03. The Morgan fingerprint density at radius 2 is 1.68 bits per heavy atom. The van der Waals surface area contributed by atoms with Crippen molar-refractivity contribution in [3.63, 3.8) is 0 Å². The number of hydrogen-bond donors (Lipinski definition) is 1. The van der Waals surface area contributed by atoms with Crippen LogP contribution < -0.4 is 4.74 Å². The number of carbonyl (C=O) groups excluding carboxylic acids is 1. The Labute approximate surface area is 215 Å². The summed E-state index contributed by atoms with van der Waals surface area (Å²) in [6.07, 6.45) is -3.77. The molecule has 2 fully saturated rings. The summed E-state index contributed by atoms with van der Waals surface area (Å²) >= 11 is 0. The molecule has 2 atom stereocenters. The minimum Gasteiger partial charge on any atom is -0.406 e. The number of aliphatic hydroxyl groups is 1. The average molecular weight is 535 g/mol. The first-order chi connectivity index (χ1) is 18.2. The molecule has 1 aromatic heterocycles. The number of aromatic nitrogens is 2. The van der Waals surface area contributed by atoms with Crippen LogP contribution in [-0.4, -0.2) is 69.7 Å². The maximum Gasteiger partial charge on any atom is 0.573 e. The molecule has 2 unspecified atom stereocenters. The molecule has 8 nitrogen and oxygen atoms in total. The lowest BCUT2D eigenvalue weighted by Crippen LogP contribution is -2.51. The van der Waals surface area contributed by atoms with Crippen molar-refractivity contribution in [1.29, 1.82) is 0 Å². The summed E-state index contributed by atoms with van der Waals surface area (Å²) in [7, 11) is 0. The third kappa shape index (κ3) is 5.90. The summed E-state index contributed by atoms with van der Waals surface area (Å²) in [5.41, 5.74) is 0.917. The predicted octanol–water partition coefficient (Wildman–Crippen LogP) is 4.92. The highest BCUT2D eigenvalue weighted by atomic mass is 19.4. The number of urea groups is 1. The molecule has 2 saturated heterocycles. The van der Waals surface area contributed by atoms with E-state index in [0.29, 0.717) is 38.9 Å². The lowest BCUT2D eigenvalue weighted by Gasteiger charge is -2.40. The molecule has 5 rings (SSSR count). The highest BCUT2D eigenvalue weighted by Crippen LogP contribution is 2.37. The second-order valence-corrected chi connectivity index (χ2v) is 9.59. The lowest BCUT2D eigenvalue weighted by atomic mass is 9.84. The van der Waals surface area contributed by atoms with E-state index in [-0.39, 0.29) is 47.4 Å². The van der Waals surface area contributed by atoms with Gasteiger partial charge in [-0.2, -0.15) is 4.98 Å². The molecule has 12 heteroatoms. The van der Waals surface area contributed by atoms with Crippen LogP contribution in [0.5, 0.6) is 5.75 Å². The first kappa shape index (κ1) is 26.0. The minimum absolute atomic E-state index is 0.0942. The normalized spacial score (nSPS) is 21.0. The van der Waals surface area contributed by atoms with Crippen molar-refractivity contribution in [3.8, 4) is 17.1 Å². The molecule has 2 aromatic carbocycles. The van der Waals surface area contributed by atoms with Gasteiger partial charge in [0.25, 0.3) is 0 Å². The summed E-state index contributed by atoms with van der Waals surface area (Å²) in [5.74, 6) is -1.11. The van der Waals surface area contributed by atoms with Crippen LogP contribution in [0.4, 0.5) is 22.4 Å². The van der Waals surface area contributed by atoms with Crippen molar-refractivity contribution in [2.75, 3.05) is 26.2 Å². The number of ether oxygens (including phenoxy) is 1. The molecule has 0 bridgehead atoms. The number of aliphatic hydroxyl groups excluding tert-OH is 1. The van der Waals surface area contributed by atoms with Crippen LogP contribution in [0.2, 0.25) is 0 Å². The van der Waals surface area contributed by atoms with Crippen LogP contribution in [0.15, 0.2) is 53.1 Å². The number of hydrogen-bond acceptors (Lipinski definition) is 6. The van der Waals surface area contributed by atoms with E-state index >= 15 is 0 Å². The van der Waals surface area contributed by atoms with E-state index in [1.807, 2.05) is 0 Å². The van der Waals surface area contributed by atoms with Crippen molar-refractivity contribution in [2.45, 2.75) is 43.6 Å². The molecule has 202 valence electrons. The van der Waals surface area contributed by atoms with Gasteiger partial charge in [0.15, 0.2) is 0 Å². The highest BCUT2D eigenvalue weighted by molar-refractivity contribution is 5.75. The van der Waals surface area contributed by atoms with Crippen LogP contribution >= 0.6 is 0 Å². The van der Waals surface area contributed by atoms with Gasteiger partial charge in [-0.1, -0.05) is 29.4 Å². The highest BCUT2D eigenvalue weighted by Gasteiger charge is 2.37. The van der Waals surface area contributed by atoms with Crippen LogP contribution in [-0.2, 0) is 0 Å². The molecular weight excluding hydrogens is 508 g/mol. The summed E-state index contributed by atoms with van der Waals surface area (Å²) in [6, 6.07) is 11.4. The maximum atomic E-state index is 14.3. The Hall–Kier alpha value is -3.67. The van der Waals surface area contributed by atoms with Crippen molar-refractivity contribution in [2.24, 2.45) is 0 Å². The molecule has 0 saturated carbocycles. The summed E-state index contributed by atoms with van der Waals surface area (Å²) in [5, 5.41) is 13.8. The van der Waals surface area contributed by atoms with E-state index in [2.05, 4.69) is 14.9 Å². The predicted molar refractivity (Wildman–Crippen MR) is 127 cm³/mol. The van der Waals surface area contributed by atoms with E-state index in [9.17, 15) is 27.5 Å². The number of alkyl halides is 3. The third-order valence-corrected chi connectivity index (χ3v) is 6.95. The zero-order chi connectivity index (χ0) is 26.9. The average Bonchev–Trinajstić information content (AvgIpc) is 3.38. The van der Waals surface area contributed by atoms with Gasteiger partial charge in [0, 0.05) is 32.1 Å². The molecule has 2 amide bonds. The van der Waals surface area contributed by atoms with E-state index in [0.717, 1.165) is 5.56 Å². The van der Waals surface area contributed by atoms with Gasteiger partial charge < -0.3 is 24.2 Å². The first-order valence-corrected chi connectivity index (χ1v) is 12.3. The Morgan fingerprint density at radius 1 is 1.00 bits per heavy atom. The second kappa shape index (κ2) is 10.6. The van der Waals surface area contributed by atoms with E-state index < -0.39 is 18.3 Å². The van der Waals surface area contributed by atoms with Crippen LogP contribution in [0.3, 0.4) is 0 Å². The van der Waals surface area contributed by atoms with Gasteiger partial charge >= 0.3 is 12.4 Å². The fraction of sp³-hybridized carbons (Fsp3) is 0.423. The lowest BCUT2D eigenvalue weighted by molar-refractivity contribution is -0.274. The SMILES string of the molecule is O=C(N1CCC(O)CC1)N1CC(c2ccc(OC(F)(F)F)cc2)CC(c2nc(-c3ccccc3F)no2)C1. The number of rotatable bonds is 4. The fourth-order valence-electron chi connectivity index (χ4n) is 5.03. The molecular formula is C26H26F4N4O4. The quantitative estimate of drug-likeness (QED) is 0.478. The molecule has 3 heterocycles. The summed E-state index contributed by atoms with van der Waals surface area (Å²) < 4.78 is 61.5. The number of likely N-dealkylation sites (tertiary alicyclic amines) is 2. The van der Waals surface area contributed by atoms with Crippen molar-refractivity contribution in [1.82, 2.24) is 19.9 Å². The van der Waals surface area contributed by atoms with Gasteiger partial charge in [-0.25, -0.2) is 9.18 Å². The Morgan fingerprint density at radius 3 is 2.37 bits per heavy atom. The maximum absolute atomic E-state index is 14.3.